The van der Waals surface area contributed by atoms with Crippen molar-refractivity contribution < 1.29 is 12.8 Å². The molecule has 0 bridgehead atoms. The number of benzene rings is 2. The lowest BCUT2D eigenvalue weighted by molar-refractivity contribution is 0.400. The van der Waals surface area contributed by atoms with Crippen LogP contribution in [0.3, 0.4) is 0 Å². The lowest BCUT2D eigenvalue weighted by Crippen LogP contribution is -2.26. The maximum absolute atomic E-state index is 12.6. The monoisotopic (exact) mass is 343 g/mol. The first-order chi connectivity index (χ1) is 11.5. The summed E-state index contributed by atoms with van der Waals surface area (Å²) < 4.78 is 31.9. The summed E-state index contributed by atoms with van der Waals surface area (Å²) in [5, 5.41) is 7.90. The minimum atomic E-state index is -3.60. The van der Waals surface area contributed by atoms with Gasteiger partial charge in [0.2, 0.25) is 21.8 Å². The lowest BCUT2D eigenvalue weighted by Gasteiger charge is -2.15. The van der Waals surface area contributed by atoms with Crippen LogP contribution in [0.1, 0.15) is 11.5 Å². The summed E-state index contributed by atoms with van der Waals surface area (Å²) in [7, 11) is -2.12. The smallest absolute Gasteiger partial charge is 0.247 e. The summed E-state index contributed by atoms with van der Waals surface area (Å²) in [4.78, 5) is 0.235. The van der Waals surface area contributed by atoms with Crippen molar-refractivity contribution in [1.29, 1.82) is 0 Å². The van der Waals surface area contributed by atoms with Crippen LogP contribution < -0.4 is 0 Å². The molecule has 0 aliphatic rings. The third-order valence-electron chi connectivity index (χ3n) is 3.57. The number of hydrogen-bond acceptors (Lipinski definition) is 5. The summed E-state index contributed by atoms with van der Waals surface area (Å²) in [6.45, 7) is 1.92. The van der Waals surface area contributed by atoms with E-state index in [-0.39, 0.29) is 17.3 Å². The van der Waals surface area contributed by atoms with E-state index < -0.39 is 10.0 Å². The zero-order chi connectivity index (χ0) is 17.2. The Morgan fingerprint density at radius 1 is 1.00 bits per heavy atom. The molecule has 1 heterocycles. The normalized spacial score (nSPS) is 11.8. The first-order valence-corrected chi connectivity index (χ1v) is 8.81. The zero-order valence-electron chi connectivity index (χ0n) is 13.4. The Bertz CT molecular complexity index is 919. The molecule has 124 valence electrons. The Kier molecular flexibility index (Phi) is 4.46. The summed E-state index contributed by atoms with van der Waals surface area (Å²) in [5.74, 6) is 0.610. The van der Waals surface area contributed by atoms with Crippen LogP contribution >= 0.6 is 0 Å². The van der Waals surface area contributed by atoms with Crippen molar-refractivity contribution in [3.05, 3.63) is 66.1 Å². The molecule has 0 aliphatic carbocycles. The van der Waals surface area contributed by atoms with Gasteiger partial charge in [0.15, 0.2) is 0 Å². The third kappa shape index (κ3) is 3.37. The molecule has 0 atom stereocenters. The highest BCUT2D eigenvalue weighted by atomic mass is 32.2. The van der Waals surface area contributed by atoms with Gasteiger partial charge in [-0.1, -0.05) is 35.9 Å². The second-order valence-corrected chi connectivity index (χ2v) is 7.49. The molecule has 0 N–H and O–H groups in total. The SMILES string of the molecule is Cc1ccc(S(=O)(=O)N(C)Cc2nnc(-c3ccccc3)o2)cc1. The highest BCUT2D eigenvalue weighted by Gasteiger charge is 2.23. The van der Waals surface area contributed by atoms with Crippen molar-refractivity contribution in [2.45, 2.75) is 18.4 Å². The molecular formula is C17H17N3O3S. The fourth-order valence-electron chi connectivity index (χ4n) is 2.18. The van der Waals surface area contributed by atoms with Crippen LogP contribution in [0, 0.1) is 6.92 Å². The fourth-order valence-corrected chi connectivity index (χ4v) is 3.30. The van der Waals surface area contributed by atoms with Crippen molar-refractivity contribution in [3.8, 4) is 11.5 Å². The van der Waals surface area contributed by atoms with Crippen LogP contribution in [-0.4, -0.2) is 30.0 Å². The van der Waals surface area contributed by atoms with Gasteiger partial charge in [-0.3, -0.25) is 0 Å². The number of hydrogen-bond donors (Lipinski definition) is 0. The van der Waals surface area contributed by atoms with Crippen molar-refractivity contribution >= 4 is 10.0 Å². The molecule has 1 aromatic heterocycles. The largest absolute Gasteiger partial charge is 0.419 e. The maximum Gasteiger partial charge on any atom is 0.247 e. The second-order valence-electron chi connectivity index (χ2n) is 5.44. The van der Waals surface area contributed by atoms with E-state index in [9.17, 15) is 8.42 Å². The van der Waals surface area contributed by atoms with Crippen LogP contribution in [0.5, 0.6) is 0 Å². The quantitative estimate of drug-likeness (QED) is 0.712. The molecule has 0 spiro atoms. The van der Waals surface area contributed by atoms with Gasteiger partial charge in [0.25, 0.3) is 0 Å². The topological polar surface area (TPSA) is 76.3 Å². The van der Waals surface area contributed by atoms with Gasteiger partial charge in [-0.25, -0.2) is 8.42 Å². The molecule has 2 aromatic carbocycles. The van der Waals surface area contributed by atoms with Gasteiger partial charge >= 0.3 is 0 Å². The van der Waals surface area contributed by atoms with Gasteiger partial charge in [0.1, 0.15) is 0 Å². The third-order valence-corrected chi connectivity index (χ3v) is 5.39. The molecule has 0 fully saturated rings. The molecule has 0 aliphatic heterocycles. The average Bonchev–Trinajstić information content (AvgIpc) is 3.04. The summed E-state index contributed by atoms with van der Waals surface area (Å²) in [6.07, 6.45) is 0. The van der Waals surface area contributed by atoms with E-state index in [1.165, 1.54) is 11.4 Å². The summed E-state index contributed by atoms with van der Waals surface area (Å²) in [6, 6.07) is 16.0. The number of aryl methyl sites for hydroxylation is 1. The van der Waals surface area contributed by atoms with Crippen LogP contribution in [0.25, 0.3) is 11.5 Å². The summed E-state index contributed by atoms with van der Waals surface area (Å²) in [5.41, 5.74) is 1.79. The Hall–Kier alpha value is -2.51. The van der Waals surface area contributed by atoms with E-state index in [1.807, 2.05) is 37.3 Å². The minimum absolute atomic E-state index is 0.00996. The van der Waals surface area contributed by atoms with E-state index in [0.29, 0.717) is 5.89 Å². The predicted octanol–water partition coefficient (Wildman–Crippen LogP) is 2.87. The van der Waals surface area contributed by atoms with Crippen LogP contribution in [0.4, 0.5) is 0 Å². The molecule has 0 radical (unpaired) electrons. The molecule has 0 unspecified atom stereocenters. The van der Waals surface area contributed by atoms with E-state index in [4.69, 9.17) is 4.42 Å². The van der Waals surface area contributed by atoms with Crippen molar-refractivity contribution in [3.63, 3.8) is 0 Å². The molecule has 0 amide bonds. The average molecular weight is 343 g/mol. The Morgan fingerprint density at radius 3 is 2.33 bits per heavy atom. The van der Waals surface area contributed by atoms with Crippen molar-refractivity contribution in [2.24, 2.45) is 0 Å². The van der Waals surface area contributed by atoms with Gasteiger partial charge in [-0.2, -0.15) is 4.31 Å². The van der Waals surface area contributed by atoms with Gasteiger partial charge in [0.05, 0.1) is 11.4 Å². The molecule has 3 aromatic rings. The molecule has 0 saturated carbocycles. The second kappa shape index (κ2) is 6.54. The lowest BCUT2D eigenvalue weighted by atomic mass is 10.2. The molecular weight excluding hydrogens is 326 g/mol. The van der Waals surface area contributed by atoms with E-state index in [2.05, 4.69) is 10.2 Å². The van der Waals surface area contributed by atoms with Crippen LogP contribution in [0.2, 0.25) is 0 Å². The summed E-state index contributed by atoms with van der Waals surface area (Å²) >= 11 is 0. The molecule has 7 heteroatoms. The zero-order valence-corrected chi connectivity index (χ0v) is 14.2. The molecule has 6 nitrogen and oxygen atoms in total. The Balaban J connectivity index is 1.78. The van der Waals surface area contributed by atoms with Crippen LogP contribution in [-0.2, 0) is 16.6 Å². The molecule has 0 saturated heterocycles. The Labute approximate surface area is 140 Å². The van der Waals surface area contributed by atoms with E-state index >= 15 is 0 Å². The Morgan fingerprint density at radius 2 is 1.67 bits per heavy atom. The number of sulfonamides is 1. The van der Waals surface area contributed by atoms with Gasteiger partial charge in [-0.05, 0) is 31.2 Å². The van der Waals surface area contributed by atoms with Crippen molar-refractivity contribution in [2.75, 3.05) is 7.05 Å². The highest BCUT2D eigenvalue weighted by Crippen LogP contribution is 2.20. The molecule has 24 heavy (non-hydrogen) atoms. The standard InChI is InChI=1S/C17H17N3O3S/c1-13-8-10-15(11-9-13)24(21,22)20(2)12-16-18-19-17(23-16)14-6-4-3-5-7-14/h3-11H,12H2,1-2H3. The molecule has 3 rings (SSSR count). The van der Waals surface area contributed by atoms with Crippen molar-refractivity contribution in [1.82, 2.24) is 14.5 Å². The van der Waals surface area contributed by atoms with E-state index in [1.54, 1.807) is 24.3 Å². The fraction of sp³-hybridized carbons (Fsp3) is 0.176. The number of aromatic nitrogens is 2. The predicted molar refractivity (Wildman–Crippen MR) is 89.6 cm³/mol. The first kappa shape index (κ1) is 16.4. The van der Waals surface area contributed by atoms with Gasteiger partial charge in [-0.15, -0.1) is 10.2 Å². The maximum atomic E-state index is 12.6. The minimum Gasteiger partial charge on any atom is -0.419 e. The number of rotatable bonds is 5. The van der Waals surface area contributed by atoms with E-state index in [0.717, 1.165) is 11.1 Å². The van der Waals surface area contributed by atoms with Crippen LogP contribution in [0.15, 0.2) is 63.9 Å². The first-order valence-electron chi connectivity index (χ1n) is 7.37. The van der Waals surface area contributed by atoms with Gasteiger partial charge in [0, 0.05) is 12.6 Å². The van der Waals surface area contributed by atoms with Gasteiger partial charge < -0.3 is 4.42 Å². The number of nitrogens with zero attached hydrogens (tertiary/aromatic N) is 3. The highest BCUT2D eigenvalue weighted by molar-refractivity contribution is 7.89.